The van der Waals surface area contributed by atoms with Crippen LogP contribution in [0.5, 0.6) is 0 Å². The molecule has 0 spiro atoms. The maximum absolute atomic E-state index is 14.2. The van der Waals surface area contributed by atoms with Crippen molar-refractivity contribution in [3.63, 3.8) is 0 Å². The van der Waals surface area contributed by atoms with Gasteiger partial charge in [-0.15, -0.1) is 0 Å². The Bertz CT molecular complexity index is 470. The van der Waals surface area contributed by atoms with Crippen LogP contribution in [0.4, 0.5) is 8.78 Å². The van der Waals surface area contributed by atoms with Gasteiger partial charge in [0.05, 0.1) is 0 Å². The lowest BCUT2D eigenvalue weighted by molar-refractivity contribution is 0.118. The third kappa shape index (κ3) is 3.80. The summed E-state index contributed by atoms with van der Waals surface area (Å²) < 4.78 is 28.1. The topological polar surface area (TPSA) is 15.3 Å². The van der Waals surface area contributed by atoms with Crippen molar-refractivity contribution in [1.82, 2.24) is 10.2 Å². The van der Waals surface area contributed by atoms with Crippen LogP contribution in [-0.4, -0.2) is 30.6 Å². The zero-order valence-electron chi connectivity index (χ0n) is 13.3. The molecule has 1 N–H and O–H groups in total. The Kier molecular flexibility index (Phi) is 5.71. The van der Waals surface area contributed by atoms with Gasteiger partial charge in [0.1, 0.15) is 11.6 Å². The van der Waals surface area contributed by atoms with Crippen LogP contribution in [0.3, 0.4) is 0 Å². The minimum absolute atomic E-state index is 0.107. The molecular formula is C17H26F2N2. The first kappa shape index (κ1) is 16.4. The van der Waals surface area contributed by atoms with Crippen molar-refractivity contribution >= 4 is 0 Å². The number of rotatable bonds is 5. The van der Waals surface area contributed by atoms with E-state index in [1.165, 1.54) is 12.1 Å². The average molecular weight is 296 g/mol. The molecule has 4 heteroatoms. The molecule has 2 atom stereocenters. The van der Waals surface area contributed by atoms with E-state index in [2.05, 4.69) is 17.1 Å². The van der Waals surface area contributed by atoms with E-state index >= 15 is 0 Å². The molecule has 1 saturated heterocycles. The second-order valence-corrected chi connectivity index (χ2v) is 6.04. The van der Waals surface area contributed by atoms with Crippen molar-refractivity contribution < 1.29 is 8.78 Å². The van der Waals surface area contributed by atoms with Gasteiger partial charge in [-0.25, -0.2) is 8.78 Å². The van der Waals surface area contributed by atoms with E-state index in [9.17, 15) is 8.78 Å². The third-order valence-corrected chi connectivity index (χ3v) is 4.45. The maximum Gasteiger partial charge on any atom is 0.128 e. The minimum Gasteiger partial charge on any atom is -0.315 e. The molecule has 1 aliphatic heterocycles. The van der Waals surface area contributed by atoms with Gasteiger partial charge in [-0.1, -0.05) is 6.92 Å². The molecule has 21 heavy (non-hydrogen) atoms. The maximum atomic E-state index is 14.2. The summed E-state index contributed by atoms with van der Waals surface area (Å²) in [5.41, 5.74) is 0.835. The number of hydrogen-bond acceptors (Lipinski definition) is 2. The Morgan fingerprint density at radius 2 is 2.10 bits per heavy atom. The van der Waals surface area contributed by atoms with E-state index in [1.54, 1.807) is 6.92 Å². The summed E-state index contributed by atoms with van der Waals surface area (Å²) in [5, 5.41) is 3.41. The van der Waals surface area contributed by atoms with Gasteiger partial charge in [-0.05, 0) is 63.9 Å². The fourth-order valence-corrected chi connectivity index (χ4v) is 3.23. The number of nitrogens with one attached hydrogen (secondary N) is 1. The monoisotopic (exact) mass is 296 g/mol. The zero-order chi connectivity index (χ0) is 15.4. The van der Waals surface area contributed by atoms with Gasteiger partial charge in [-0.3, -0.25) is 4.90 Å². The molecule has 0 saturated carbocycles. The first-order chi connectivity index (χ1) is 10.0. The van der Waals surface area contributed by atoms with Gasteiger partial charge in [-0.2, -0.15) is 0 Å². The summed E-state index contributed by atoms with van der Waals surface area (Å²) in [5.74, 6) is -0.622. The van der Waals surface area contributed by atoms with Crippen LogP contribution in [0, 0.1) is 18.6 Å². The van der Waals surface area contributed by atoms with Crippen molar-refractivity contribution in [2.75, 3.05) is 19.6 Å². The van der Waals surface area contributed by atoms with Crippen LogP contribution < -0.4 is 5.32 Å². The van der Waals surface area contributed by atoms with Crippen LogP contribution in [0.25, 0.3) is 0 Å². The molecule has 118 valence electrons. The normalized spacial score (nSPS) is 20.8. The van der Waals surface area contributed by atoms with Gasteiger partial charge >= 0.3 is 0 Å². The summed E-state index contributed by atoms with van der Waals surface area (Å²) >= 11 is 0. The SMILES string of the molecule is CCCN(C1CCCNC1)C(C)c1cc(F)c(C)cc1F. The molecule has 0 aromatic heterocycles. The summed E-state index contributed by atoms with van der Waals surface area (Å²) in [6.45, 7) is 8.60. The molecule has 2 unspecified atom stereocenters. The average Bonchev–Trinajstić information content (AvgIpc) is 2.49. The highest BCUT2D eigenvalue weighted by molar-refractivity contribution is 5.27. The van der Waals surface area contributed by atoms with E-state index in [1.807, 2.05) is 6.92 Å². The number of hydrogen-bond donors (Lipinski definition) is 1. The zero-order valence-corrected chi connectivity index (χ0v) is 13.3. The van der Waals surface area contributed by atoms with Crippen LogP contribution in [0.15, 0.2) is 12.1 Å². The molecule has 1 aromatic carbocycles. The van der Waals surface area contributed by atoms with E-state index in [4.69, 9.17) is 0 Å². The Morgan fingerprint density at radius 1 is 1.33 bits per heavy atom. The summed E-state index contributed by atoms with van der Waals surface area (Å²) in [7, 11) is 0. The summed E-state index contributed by atoms with van der Waals surface area (Å²) in [6.07, 6.45) is 3.27. The third-order valence-electron chi connectivity index (χ3n) is 4.45. The van der Waals surface area contributed by atoms with E-state index in [-0.39, 0.29) is 17.7 Å². The summed E-state index contributed by atoms with van der Waals surface area (Å²) in [6, 6.07) is 2.97. The molecular weight excluding hydrogens is 270 g/mol. The molecule has 1 heterocycles. The molecule has 0 amide bonds. The van der Waals surface area contributed by atoms with Crippen molar-refractivity contribution in [1.29, 1.82) is 0 Å². The largest absolute Gasteiger partial charge is 0.315 e. The first-order valence-corrected chi connectivity index (χ1v) is 7.96. The number of nitrogens with zero attached hydrogens (tertiary/aromatic N) is 1. The van der Waals surface area contributed by atoms with Gasteiger partial charge in [0, 0.05) is 24.2 Å². The Hall–Kier alpha value is -1.00. The van der Waals surface area contributed by atoms with Crippen LogP contribution in [0.1, 0.15) is 50.3 Å². The summed E-state index contributed by atoms with van der Waals surface area (Å²) in [4.78, 5) is 2.32. The van der Waals surface area contributed by atoms with Crippen molar-refractivity contribution in [3.05, 3.63) is 34.9 Å². The van der Waals surface area contributed by atoms with E-state index < -0.39 is 0 Å². The molecule has 0 radical (unpaired) electrons. The second kappa shape index (κ2) is 7.32. The Balaban J connectivity index is 2.24. The van der Waals surface area contributed by atoms with E-state index in [0.717, 1.165) is 38.9 Å². The first-order valence-electron chi connectivity index (χ1n) is 7.96. The van der Waals surface area contributed by atoms with Crippen LogP contribution >= 0.6 is 0 Å². The quantitative estimate of drug-likeness (QED) is 0.889. The predicted molar refractivity (Wildman–Crippen MR) is 82.4 cm³/mol. The standard InChI is InChI=1S/C17H26F2N2/c1-4-8-21(14-6-5-7-20-11-14)13(3)15-10-16(18)12(2)9-17(15)19/h9-10,13-14,20H,4-8,11H2,1-3H3. The van der Waals surface area contributed by atoms with Crippen molar-refractivity contribution in [3.8, 4) is 0 Å². The lowest BCUT2D eigenvalue weighted by Crippen LogP contribution is -2.47. The van der Waals surface area contributed by atoms with E-state index in [0.29, 0.717) is 17.2 Å². The highest BCUT2D eigenvalue weighted by atomic mass is 19.1. The lowest BCUT2D eigenvalue weighted by atomic mass is 9.98. The molecule has 1 fully saturated rings. The molecule has 2 nitrogen and oxygen atoms in total. The fourth-order valence-electron chi connectivity index (χ4n) is 3.23. The molecule has 2 rings (SSSR count). The highest BCUT2D eigenvalue weighted by Crippen LogP contribution is 2.28. The van der Waals surface area contributed by atoms with Gasteiger partial charge in [0.15, 0.2) is 0 Å². The highest BCUT2D eigenvalue weighted by Gasteiger charge is 2.27. The smallest absolute Gasteiger partial charge is 0.128 e. The lowest BCUT2D eigenvalue weighted by Gasteiger charge is -2.39. The second-order valence-electron chi connectivity index (χ2n) is 6.04. The van der Waals surface area contributed by atoms with Gasteiger partial charge in [0.25, 0.3) is 0 Å². The predicted octanol–water partition coefficient (Wildman–Crippen LogP) is 3.80. The fraction of sp³-hybridized carbons (Fsp3) is 0.647. The van der Waals surface area contributed by atoms with Crippen molar-refractivity contribution in [2.24, 2.45) is 0 Å². The number of benzene rings is 1. The molecule has 0 bridgehead atoms. The van der Waals surface area contributed by atoms with Crippen LogP contribution in [-0.2, 0) is 0 Å². The molecule has 1 aliphatic rings. The van der Waals surface area contributed by atoms with Gasteiger partial charge < -0.3 is 5.32 Å². The van der Waals surface area contributed by atoms with Crippen molar-refractivity contribution in [2.45, 2.75) is 52.1 Å². The minimum atomic E-state index is -0.323. The number of aryl methyl sites for hydroxylation is 1. The number of piperidine rings is 1. The Labute approximate surface area is 126 Å². The molecule has 0 aliphatic carbocycles. The van der Waals surface area contributed by atoms with Crippen LogP contribution in [0.2, 0.25) is 0 Å². The Morgan fingerprint density at radius 3 is 2.71 bits per heavy atom. The van der Waals surface area contributed by atoms with Gasteiger partial charge in [0.2, 0.25) is 0 Å². The number of halogens is 2. The molecule has 1 aromatic rings.